The van der Waals surface area contributed by atoms with Crippen molar-refractivity contribution >= 4 is 5.97 Å². The first-order valence-electron chi connectivity index (χ1n) is 8.31. The molecule has 1 atom stereocenters. The van der Waals surface area contributed by atoms with Crippen LogP contribution in [0.2, 0.25) is 0 Å². The molecule has 128 valence electrons. The lowest BCUT2D eigenvalue weighted by molar-refractivity contribution is -0.139. The lowest BCUT2D eigenvalue weighted by atomic mass is 9.96. The van der Waals surface area contributed by atoms with Crippen LogP contribution < -0.4 is 4.74 Å². The van der Waals surface area contributed by atoms with Gasteiger partial charge in [-0.15, -0.1) is 0 Å². The number of para-hydroxylation sites is 1. The monoisotopic (exact) mass is 329 g/mol. The summed E-state index contributed by atoms with van der Waals surface area (Å²) < 4.78 is 5.44. The molecule has 0 amide bonds. The molecule has 24 heavy (non-hydrogen) atoms. The quantitative estimate of drug-likeness (QED) is 0.852. The minimum absolute atomic E-state index is 0.314. The average Bonchev–Trinajstić information content (AvgIpc) is 3.00. The van der Waals surface area contributed by atoms with Crippen LogP contribution in [0.3, 0.4) is 0 Å². The maximum absolute atomic E-state index is 10.8. The molecule has 1 aliphatic rings. The van der Waals surface area contributed by atoms with E-state index in [1.807, 2.05) is 30.5 Å². The Hall–Kier alpha value is -2.34. The number of ether oxygens (including phenoxy) is 1. The van der Waals surface area contributed by atoms with Crippen LogP contribution in [0, 0.1) is 6.92 Å². The van der Waals surface area contributed by atoms with E-state index < -0.39 is 5.97 Å². The van der Waals surface area contributed by atoms with Crippen molar-refractivity contribution in [2.24, 2.45) is 0 Å². The number of aliphatic carboxylic acids is 1. The lowest BCUT2D eigenvalue weighted by Crippen LogP contribution is -2.33. The Bertz CT molecular complexity index is 698. The molecule has 1 aromatic heterocycles. The van der Waals surface area contributed by atoms with E-state index in [2.05, 4.69) is 22.0 Å². The van der Waals surface area contributed by atoms with Gasteiger partial charge in [0.25, 0.3) is 0 Å². The number of nitrogens with zero attached hydrogens (tertiary/aromatic N) is 2. The number of aromatic nitrogens is 2. The van der Waals surface area contributed by atoms with E-state index in [9.17, 15) is 4.79 Å². The van der Waals surface area contributed by atoms with Gasteiger partial charge in [-0.2, -0.15) is 5.10 Å². The summed E-state index contributed by atoms with van der Waals surface area (Å²) in [7, 11) is 0. The third-order valence-electron chi connectivity index (χ3n) is 4.51. The Kier molecular flexibility index (Phi) is 5.15. The highest BCUT2D eigenvalue weighted by Crippen LogP contribution is 2.33. The molecular formula is C18H23N3O3. The van der Waals surface area contributed by atoms with Crippen molar-refractivity contribution in [3.8, 4) is 5.75 Å². The maximum Gasteiger partial charge on any atom is 0.341 e. The number of H-pyrrole nitrogens is 1. The van der Waals surface area contributed by atoms with E-state index in [0.29, 0.717) is 11.8 Å². The fourth-order valence-electron chi connectivity index (χ4n) is 3.33. The largest absolute Gasteiger partial charge is 0.482 e. The number of carboxylic acids is 1. The zero-order valence-electron chi connectivity index (χ0n) is 13.9. The van der Waals surface area contributed by atoms with Gasteiger partial charge < -0.3 is 9.84 Å². The molecule has 3 rings (SSSR count). The summed E-state index contributed by atoms with van der Waals surface area (Å²) in [6, 6.07) is 7.98. The molecule has 6 heteroatoms. The number of hydrogen-bond donors (Lipinski definition) is 2. The average molecular weight is 329 g/mol. The molecule has 2 N–H and O–H groups in total. The normalized spacial score (nSPS) is 18.5. The third-order valence-corrected chi connectivity index (χ3v) is 4.51. The summed E-state index contributed by atoms with van der Waals surface area (Å²) in [5.41, 5.74) is 3.38. The minimum Gasteiger partial charge on any atom is -0.482 e. The van der Waals surface area contributed by atoms with Crippen molar-refractivity contribution in [2.75, 3.05) is 13.2 Å². The van der Waals surface area contributed by atoms with Gasteiger partial charge in [-0.25, -0.2) is 4.79 Å². The van der Waals surface area contributed by atoms with Gasteiger partial charge in [0.05, 0.1) is 17.9 Å². The second-order valence-corrected chi connectivity index (χ2v) is 6.24. The Balaban J connectivity index is 1.78. The van der Waals surface area contributed by atoms with Gasteiger partial charge in [-0.3, -0.25) is 10.00 Å². The van der Waals surface area contributed by atoms with Gasteiger partial charge >= 0.3 is 5.97 Å². The van der Waals surface area contributed by atoms with Gasteiger partial charge in [-0.05, 0) is 37.9 Å². The highest BCUT2D eigenvalue weighted by molar-refractivity contribution is 5.68. The predicted molar refractivity (Wildman–Crippen MR) is 89.9 cm³/mol. The van der Waals surface area contributed by atoms with Crippen molar-refractivity contribution in [3.63, 3.8) is 0 Å². The molecule has 2 aromatic rings. The standard InChI is InChI=1S/C18H23N3O3/c1-13-10-19-20-18(13)15-7-4-5-9-21(15)11-14-6-2-3-8-16(14)24-12-17(22)23/h2-3,6,8,10,15H,4-5,7,9,11-12H2,1H3,(H,19,20)(H,22,23)/t15-/m0/s1. The van der Waals surface area contributed by atoms with Gasteiger partial charge in [0.1, 0.15) is 5.75 Å². The SMILES string of the molecule is Cc1cn[nH]c1[C@@H]1CCCCN1Cc1ccccc1OCC(=O)O. The summed E-state index contributed by atoms with van der Waals surface area (Å²) in [6.45, 7) is 3.50. The second kappa shape index (κ2) is 7.49. The molecular weight excluding hydrogens is 306 g/mol. The van der Waals surface area contributed by atoms with E-state index >= 15 is 0 Å². The number of carbonyl (C=O) groups is 1. The van der Waals surface area contributed by atoms with E-state index in [0.717, 1.165) is 25.1 Å². The van der Waals surface area contributed by atoms with E-state index in [-0.39, 0.29) is 6.61 Å². The van der Waals surface area contributed by atoms with E-state index in [4.69, 9.17) is 9.84 Å². The van der Waals surface area contributed by atoms with Crippen LogP contribution in [0.25, 0.3) is 0 Å². The van der Waals surface area contributed by atoms with Crippen LogP contribution in [-0.2, 0) is 11.3 Å². The molecule has 6 nitrogen and oxygen atoms in total. The fraction of sp³-hybridized carbons (Fsp3) is 0.444. The number of carboxylic acid groups (broad SMARTS) is 1. The molecule has 0 spiro atoms. The molecule has 1 fully saturated rings. The number of hydrogen-bond acceptors (Lipinski definition) is 4. The van der Waals surface area contributed by atoms with Crippen LogP contribution in [0.4, 0.5) is 0 Å². The van der Waals surface area contributed by atoms with Crippen LogP contribution in [-0.4, -0.2) is 39.3 Å². The maximum atomic E-state index is 10.8. The van der Waals surface area contributed by atoms with Crippen molar-refractivity contribution in [1.82, 2.24) is 15.1 Å². The Morgan fingerprint density at radius 1 is 1.42 bits per heavy atom. The summed E-state index contributed by atoms with van der Waals surface area (Å²) in [5.74, 6) is -0.320. The molecule has 0 saturated carbocycles. The summed E-state index contributed by atoms with van der Waals surface area (Å²) in [4.78, 5) is 13.2. The molecule has 1 aliphatic heterocycles. The summed E-state index contributed by atoms with van der Waals surface area (Å²) >= 11 is 0. The third kappa shape index (κ3) is 3.76. The number of piperidine rings is 1. The van der Waals surface area contributed by atoms with Crippen molar-refractivity contribution < 1.29 is 14.6 Å². The first kappa shape index (κ1) is 16.5. The number of likely N-dealkylation sites (tertiary alicyclic amines) is 1. The highest BCUT2D eigenvalue weighted by atomic mass is 16.5. The zero-order valence-corrected chi connectivity index (χ0v) is 13.9. The van der Waals surface area contributed by atoms with Crippen molar-refractivity contribution in [3.05, 3.63) is 47.3 Å². The van der Waals surface area contributed by atoms with Crippen LogP contribution in [0.15, 0.2) is 30.5 Å². The minimum atomic E-state index is -0.964. The molecule has 1 aromatic carbocycles. The predicted octanol–water partition coefficient (Wildman–Crippen LogP) is 2.91. The van der Waals surface area contributed by atoms with Gasteiger partial charge in [0.2, 0.25) is 0 Å². The fourth-order valence-corrected chi connectivity index (χ4v) is 3.33. The number of aromatic amines is 1. The molecule has 0 bridgehead atoms. The molecule has 1 saturated heterocycles. The smallest absolute Gasteiger partial charge is 0.341 e. The number of rotatable bonds is 6. The number of benzene rings is 1. The van der Waals surface area contributed by atoms with Crippen molar-refractivity contribution in [1.29, 1.82) is 0 Å². The molecule has 0 radical (unpaired) electrons. The van der Waals surface area contributed by atoms with Crippen LogP contribution >= 0.6 is 0 Å². The summed E-state index contributed by atoms with van der Waals surface area (Å²) in [5, 5.41) is 16.1. The van der Waals surface area contributed by atoms with Crippen LogP contribution in [0.5, 0.6) is 5.75 Å². The Morgan fingerprint density at radius 2 is 2.25 bits per heavy atom. The van der Waals surface area contributed by atoms with Gasteiger partial charge in [0, 0.05) is 12.1 Å². The Morgan fingerprint density at radius 3 is 3.00 bits per heavy atom. The molecule has 0 aliphatic carbocycles. The molecule has 0 unspecified atom stereocenters. The van der Waals surface area contributed by atoms with Crippen LogP contribution in [0.1, 0.15) is 42.1 Å². The number of nitrogens with one attached hydrogen (secondary N) is 1. The lowest BCUT2D eigenvalue weighted by Gasteiger charge is -2.35. The number of aryl methyl sites for hydroxylation is 1. The zero-order chi connectivity index (χ0) is 16.9. The topological polar surface area (TPSA) is 78.5 Å². The molecule has 2 heterocycles. The summed E-state index contributed by atoms with van der Waals surface area (Å²) in [6.07, 6.45) is 5.34. The Labute approximate surface area is 141 Å². The van der Waals surface area contributed by atoms with E-state index in [1.165, 1.54) is 24.1 Å². The van der Waals surface area contributed by atoms with E-state index in [1.54, 1.807) is 0 Å². The van der Waals surface area contributed by atoms with Crippen molar-refractivity contribution in [2.45, 2.75) is 38.8 Å². The van der Waals surface area contributed by atoms with Gasteiger partial charge in [0.15, 0.2) is 6.61 Å². The second-order valence-electron chi connectivity index (χ2n) is 6.24. The van der Waals surface area contributed by atoms with Gasteiger partial charge in [-0.1, -0.05) is 24.6 Å². The first-order chi connectivity index (χ1) is 11.6. The first-order valence-corrected chi connectivity index (χ1v) is 8.31. The highest BCUT2D eigenvalue weighted by Gasteiger charge is 2.27.